The smallest absolute Gasteiger partial charge is 0.267 e. The molecule has 0 amide bonds. The Balaban J connectivity index is 2.83. The minimum absolute atomic E-state index is 0.0329. The van der Waals surface area contributed by atoms with Crippen molar-refractivity contribution in [3.8, 4) is 17.2 Å². The van der Waals surface area contributed by atoms with Gasteiger partial charge in [-0.05, 0) is 49.4 Å². The molecule has 1 aromatic heterocycles. The maximum Gasteiger partial charge on any atom is 0.267 e. The summed E-state index contributed by atoms with van der Waals surface area (Å²) in [5.41, 5.74) is 4.95. The molecule has 1 N–H and O–H groups in total. The average Bonchev–Trinajstić information content (AvgIpc) is 2.83. The average molecular weight is 288 g/mol. The van der Waals surface area contributed by atoms with Crippen molar-refractivity contribution in [2.75, 3.05) is 0 Å². The number of aromatic amines is 1. The van der Waals surface area contributed by atoms with Gasteiger partial charge >= 0.3 is 0 Å². The highest BCUT2D eigenvalue weighted by atomic mass is 19.3. The van der Waals surface area contributed by atoms with E-state index in [1.54, 1.807) is 0 Å². The van der Waals surface area contributed by atoms with Gasteiger partial charge in [-0.15, -0.1) is 0 Å². The van der Waals surface area contributed by atoms with Crippen LogP contribution in [0.25, 0.3) is 11.1 Å². The van der Waals surface area contributed by atoms with Gasteiger partial charge in [0.05, 0.1) is 5.56 Å². The summed E-state index contributed by atoms with van der Waals surface area (Å²) in [5.74, 6) is 0. The van der Waals surface area contributed by atoms with E-state index in [1.807, 2.05) is 45.9 Å². The maximum atomic E-state index is 13.5. The van der Waals surface area contributed by atoms with Crippen LogP contribution in [0.1, 0.15) is 47.0 Å². The first-order valence-corrected chi connectivity index (χ1v) is 6.92. The third-order valence-corrected chi connectivity index (χ3v) is 4.13. The Hall–Kier alpha value is -2.15. The molecule has 2 rings (SSSR count). The number of nitriles is 1. The highest BCUT2D eigenvalue weighted by molar-refractivity contribution is 5.77. The van der Waals surface area contributed by atoms with E-state index in [1.165, 1.54) is 0 Å². The fourth-order valence-corrected chi connectivity index (χ4v) is 2.67. The second-order valence-electron chi connectivity index (χ2n) is 5.21. The minimum Gasteiger partial charge on any atom is -0.349 e. The maximum absolute atomic E-state index is 13.5. The lowest BCUT2D eigenvalue weighted by Crippen LogP contribution is -1.96. The molecule has 2 nitrogen and oxygen atoms in total. The lowest BCUT2D eigenvalue weighted by Gasteiger charge is -2.14. The van der Waals surface area contributed by atoms with E-state index in [9.17, 15) is 8.78 Å². The van der Waals surface area contributed by atoms with Gasteiger partial charge in [-0.2, -0.15) is 5.26 Å². The Morgan fingerprint density at radius 1 is 1.19 bits per heavy atom. The molecule has 0 saturated carbocycles. The van der Waals surface area contributed by atoms with E-state index < -0.39 is 6.43 Å². The summed E-state index contributed by atoms with van der Waals surface area (Å²) >= 11 is 0. The number of aromatic nitrogens is 1. The summed E-state index contributed by atoms with van der Waals surface area (Å²) in [6.07, 6.45) is -2.10. The van der Waals surface area contributed by atoms with Crippen molar-refractivity contribution in [3.63, 3.8) is 0 Å². The molecule has 0 aliphatic carbocycles. The molecule has 0 saturated heterocycles. The summed E-state index contributed by atoms with van der Waals surface area (Å²) in [6, 6.07) is 5.66. The van der Waals surface area contributed by atoms with E-state index in [0.717, 1.165) is 22.3 Å². The summed E-state index contributed by atoms with van der Waals surface area (Å²) < 4.78 is 26.9. The zero-order valence-corrected chi connectivity index (χ0v) is 12.6. The Kier molecular flexibility index (Phi) is 4.13. The second-order valence-corrected chi connectivity index (χ2v) is 5.21. The van der Waals surface area contributed by atoms with E-state index in [4.69, 9.17) is 5.26 Å². The standard InChI is InChI=1S/C17H18F2N2/c1-5-13-15(16(17(18)19)14(8-20)21-13)12-7-6-9(2)10(3)11(12)4/h6-7,17,21H,5H2,1-4H3. The largest absolute Gasteiger partial charge is 0.349 e. The first-order valence-electron chi connectivity index (χ1n) is 6.92. The van der Waals surface area contributed by atoms with Crippen LogP contribution in [-0.2, 0) is 6.42 Å². The van der Waals surface area contributed by atoms with Crippen molar-refractivity contribution in [1.29, 1.82) is 5.26 Å². The number of hydrogen-bond donors (Lipinski definition) is 1. The van der Waals surface area contributed by atoms with Crippen LogP contribution < -0.4 is 0 Å². The predicted octanol–water partition coefficient (Wildman–Crippen LogP) is 4.98. The minimum atomic E-state index is -2.67. The molecular formula is C17H18F2N2. The molecule has 0 unspecified atom stereocenters. The molecule has 0 aliphatic rings. The van der Waals surface area contributed by atoms with Crippen LogP contribution in [0.4, 0.5) is 8.78 Å². The molecule has 0 bridgehead atoms. The fraction of sp³-hybridized carbons (Fsp3) is 0.353. The first kappa shape index (κ1) is 15.2. The van der Waals surface area contributed by atoms with Crippen LogP contribution in [0.5, 0.6) is 0 Å². The van der Waals surface area contributed by atoms with Crippen LogP contribution in [0, 0.1) is 32.1 Å². The Labute approximate surface area is 123 Å². The number of aryl methyl sites for hydroxylation is 2. The fourth-order valence-electron chi connectivity index (χ4n) is 2.67. The highest BCUT2D eigenvalue weighted by Gasteiger charge is 2.25. The molecule has 2 aromatic rings. The van der Waals surface area contributed by atoms with Gasteiger partial charge in [0.2, 0.25) is 0 Å². The molecule has 0 fully saturated rings. The molecule has 0 spiro atoms. The third kappa shape index (κ3) is 2.44. The van der Waals surface area contributed by atoms with Gasteiger partial charge in [-0.3, -0.25) is 0 Å². The number of benzene rings is 1. The van der Waals surface area contributed by atoms with Gasteiger partial charge in [0.1, 0.15) is 11.8 Å². The molecule has 110 valence electrons. The Morgan fingerprint density at radius 2 is 1.86 bits per heavy atom. The van der Waals surface area contributed by atoms with Crippen molar-refractivity contribution in [3.05, 3.63) is 45.8 Å². The van der Waals surface area contributed by atoms with E-state index in [0.29, 0.717) is 17.7 Å². The van der Waals surface area contributed by atoms with Gasteiger partial charge in [0.25, 0.3) is 6.43 Å². The summed E-state index contributed by atoms with van der Waals surface area (Å²) in [7, 11) is 0. The SMILES string of the molecule is CCc1[nH]c(C#N)c(C(F)F)c1-c1ccc(C)c(C)c1C. The second kappa shape index (κ2) is 5.69. The zero-order valence-electron chi connectivity index (χ0n) is 12.6. The third-order valence-electron chi connectivity index (χ3n) is 4.13. The van der Waals surface area contributed by atoms with Crippen LogP contribution in [0.2, 0.25) is 0 Å². The first-order chi connectivity index (χ1) is 9.92. The van der Waals surface area contributed by atoms with Crippen molar-refractivity contribution < 1.29 is 8.78 Å². The molecule has 1 aromatic carbocycles. The number of nitrogens with zero attached hydrogens (tertiary/aromatic N) is 1. The number of halogens is 2. The topological polar surface area (TPSA) is 39.6 Å². The summed E-state index contributed by atoms with van der Waals surface area (Å²) in [6.45, 7) is 7.81. The molecule has 21 heavy (non-hydrogen) atoms. The van der Waals surface area contributed by atoms with Crippen molar-refractivity contribution in [2.24, 2.45) is 0 Å². The van der Waals surface area contributed by atoms with Crippen LogP contribution in [0.3, 0.4) is 0 Å². The van der Waals surface area contributed by atoms with Gasteiger partial charge < -0.3 is 4.98 Å². The van der Waals surface area contributed by atoms with Crippen LogP contribution >= 0.6 is 0 Å². The lowest BCUT2D eigenvalue weighted by molar-refractivity contribution is 0.152. The number of nitrogens with one attached hydrogen (secondary N) is 1. The predicted molar refractivity (Wildman–Crippen MR) is 79.5 cm³/mol. The van der Waals surface area contributed by atoms with Crippen LogP contribution in [0.15, 0.2) is 12.1 Å². The zero-order chi connectivity index (χ0) is 15.7. The van der Waals surface area contributed by atoms with E-state index in [-0.39, 0.29) is 11.3 Å². The molecule has 0 aliphatic heterocycles. The van der Waals surface area contributed by atoms with Gasteiger partial charge in [0, 0.05) is 11.3 Å². The van der Waals surface area contributed by atoms with E-state index in [2.05, 4.69) is 4.98 Å². The summed E-state index contributed by atoms with van der Waals surface area (Å²) in [4.78, 5) is 2.85. The molecular weight excluding hydrogens is 270 g/mol. The summed E-state index contributed by atoms with van der Waals surface area (Å²) in [5, 5.41) is 9.10. The lowest BCUT2D eigenvalue weighted by atomic mass is 9.91. The highest BCUT2D eigenvalue weighted by Crippen LogP contribution is 2.39. The van der Waals surface area contributed by atoms with E-state index >= 15 is 0 Å². The van der Waals surface area contributed by atoms with Gasteiger partial charge in [0.15, 0.2) is 0 Å². The Morgan fingerprint density at radius 3 is 2.38 bits per heavy atom. The number of hydrogen-bond acceptors (Lipinski definition) is 1. The van der Waals surface area contributed by atoms with Gasteiger partial charge in [-0.25, -0.2) is 8.78 Å². The molecule has 0 atom stereocenters. The monoisotopic (exact) mass is 288 g/mol. The molecule has 4 heteroatoms. The van der Waals surface area contributed by atoms with Crippen LogP contribution in [-0.4, -0.2) is 4.98 Å². The number of rotatable bonds is 3. The number of H-pyrrole nitrogens is 1. The van der Waals surface area contributed by atoms with Crippen molar-refractivity contribution in [1.82, 2.24) is 4.98 Å². The van der Waals surface area contributed by atoms with Gasteiger partial charge in [-0.1, -0.05) is 19.1 Å². The number of alkyl halides is 2. The Bertz CT molecular complexity index is 721. The quantitative estimate of drug-likeness (QED) is 0.850. The molecule has 0 radical (unpaired) electrons. The van der Waals surface area contributed by atoms with Crippen molar-refractivity contribution in [2.45, 2.75) is 40.5 Å². The van der Waals surface area contributed by atoms with Crippen molar-refractivity contribution >= 4 is 0 Å². The normalized spacial score (nSPS) is 11.0. The molecule has 1 heterocycles.